The molecule has 0 spiro atoms. The zero-order valence-corrected chi connectivity index (χ0v) is 12.2. The van der Waals surface area contributed by atoms with Crippen molar-refractivity contribution in [2.45, 2.75) is 33.1 Å². The molecule has 0 fully saturated rings. The van der Waals surface area contributed by atoms with Gasteiger partial charge in [-0.2, -0.15) is 0 Å². The number of hydrogen-bond acceptors (Lipinski definition) is 2. The Morgan fingerprint density at radius 2 is 2.10 bits per heavy atom. The summed E-state index contributed by atoms with van der Waals surface area (Å²) in [6, 6.07) is 6.49. The zero-order chi connectivity index (χ0) is 15.0. The predicted molar refractivity (Wildman–Crippen MR) is 77.8 cm³/mol. The van der Waals surface area contributed by atoms with Crippen molar-refractivity contribution in [1.29, 1.82) is 0 Å². The average molecular weight is 281 g/mol. The largest absolute Gasteiger partial charge is 0.396 e. The minimum absolute atomic E-state index is 0.0196. The fourth-order valence-corrected chi connectivity index (χ4v) is 1.98. The van der Waals surface area contributed by atoms with Crippen LogP contribution in [0.15, 0.2) is 24.3 Å². The Labute approximate surface area is 120 Å². The lowest BCUT2D eigenvalue weighted by Crippen LogP contribution is -2.33. The zero-order valence-electron chi connectivity index (χ0n) is 12.2. The molecule has 2 atom stereocenters. The molecule has 0 saturated carbocycles. The van der Waals surface area contributed by atoms with Gasteiger partial charge in [-0.1, -0.05) is 26.0 Å². The number of carbonyl (C=O) groups is 1. The van der Waals surface area contributed by atoms with Crippen molar-refractivity contribution in [2.24, 2.45) is 11.8 Å². The second kappa shape index (κ2) is 8.69. The molecule has 0 aromatic heterocycles. The highest BCUT2D eigenvalue weighted by molar-refractivity contribution is 5.78. The molecule has 1 aromatic carbocycles. The molecule has 3 nitrogen and oxygen atoms in total. The van der Waals surface area contributed by atoms with Gasteiger partial charge in [0.25, 0.3) is 0 Å². The number of aliphatic hydroxyl groups is 1. The fourth-order valence-electron chi connectivity index (χ4n) is 1.98. The van der Waals surface area contributed by atoms with Gasteiger partial charge in [-0.3, -0.25) is 4.79 Å². The molecule has 0 bridgehead atoms. The van der Waals surface area contributed by atoms with Gasteiger partial charge >= 0.3 is 0 Å². The Balaban J connectivity index is 2.31. The first-order valence-corrected chi connectivity index (χ1v) is 7.16. The molecular weight excluding hydrogens is 257 g/mol. The minimum atomic E-state index is -0.238. The monoisotopic (exact) mass is 281 g/mol. The Bertz CT molecular complexity index is 423. The lowest BCUT2D eigenvalue weighted by Gasteiger charge is -2.15. The summed E-state index contributed by atoms with van der Waals surface area (Å²) in [4.78, 5) is 11.9. The van der Waals surface area contributed by atoms with Gasteiger partial charge in [-0.05, 0) is 42.9 Å². The van der Waals surface area contributed by atoms with Gasteiger partial charge in [0.1, 0.15) is 5.82 Å². The van der Waals surface area contributed by atoms with Crippen molar-refractivity contribution in [1.82, 2.24) is 5.32 Å². The fraction of sp³-hybridized carbons (Fsp3) is 0.562. The highest BCUT2D eigenvalue weighted by Gasteiger charge is 2.13. The molecule has 0 aliphatic rings. The van der Waals surface area contributed by atoms with Crippen LogP contribution in [0.4, 0.5) is 4.39 Å². The van der Waals surface area contributed by atoms with Gasteiger partial charge in [0.15, 0.2) is 0 Å². The smallest absolute Gasteiger partial charge is 0.222 e. The SMILES string of the molecule is CC(CCO)CNC(=O)C(C)CCc1cccc(F)c1. The Hall–Kier alpha value is -1.42. The van der Waals surface area contributed by atoms with E-state index in [4.69, 9.17) is 5.11 Å². The maximum atomic E-state index is 13.0. The number of amides is 1. The maximum absolute atomic E-state index is 13.0. The van der Waals surface area contributed by atoms with Gasteiger partial charge in [-0.25, -0.2) is 4.39 Å². The number of benzene rings is 1. The van der Waals surface area contributed by atoms with Crippen LogP contribution in [0.5, 0.6) is 0 Å². The van der Waals surface area contributed by atoms with Gasteiger partial charge in [0.2, 0.25) is 5.91 Å². The van der Waals surface area contributed by atoms with Gasteiger partial charge in [0.05, 0.1) is 0 Å². The normalized spacial score (nSPS) is 13.8. The summed E-state index contributed by atoms with van der Waals surface area (Å²) in [5, 5.41) is 11.7. The average Bonchev–Trinajstić information content (AvgIpc) is 2.42. The topological polar surface area (TPSA) is 49.3 Å². The van der Waals surface area contributed by atoms with E-state index in [-0.39, 0.29) is 30.2 Å². The number of hydrogen-bond donors (Lipinski definition) is 2. The second-order valence-corrected chi connectivity index (χ2v) is 5.43. The third-order valence-corrected chi connectivity index (χ3v) is 3.45. The molecule has 20 heavy (non-hydrogen) atoms. The molecule has 0 saturated heterocycles. The van der Waals surface area contributed by atoms with Crippen LogP contribution in [0.25, 0.3) is 0 Å². The molecule has 0 aliphatic carbocycles. The van der Waals surface area contributed by atoms with E-state index in [0.717, 1.165) is 5.56 Å². The van der Waals surface area contributed by atoms with E-state index >= 15 is 0 Å². The van der Waals surface area contributed by atoms with Gasteiger partial charge in [-0.15, -0.1) is 0 Å². The Kier molecular flexibility index (Phi) is 7.23. The summed E-state index contributed by atoms with van der Waals surface area (Å²) < 4.78 is 13.0. The molecule has 0 radical (unpaired) electrons. The maximum Gasteiger partial charge on any atom is 0.222 e. The number of rotatable bonds is 8. The molecular formula is C16H24FNO2. The van der Waals surface area contributed by atoms with Crippen LogP contribution in [0, 0.1) is 17.7 Å². The number of halogens is 1. The lowest BCUT2D eigenvalue weighted by molar-refractivity contribution is -0.124. The molecule has 2 unspecified atom stereocenters. The van der Waals surface area contributed by atoms with Crippen molar-refractivity contribution < 1.29 is 14.3 Å². The van der Waals surface area contributed by atoms with Crippen LogP contribution in [0.3, 0.4) is 0 Å². The number of aryl methyl sites for hydroxylation is 1. The van der Waals surface area contributed by atoms with Crippen LogP contribution in [0.1, 0.15) is 32.3 Å². The van der Waals surface area contributed by atoms with Crippen molar-refractivity contribution in [3.05, 3.63) is 35.6 Å². The van der Waals surface area contributed by atoms with Crippen LogP contribution >= 0.6 is 0 Å². The van der Waals surface area contributed by atoms with E-state index in [1.54, 1.807) is 6.07 Å². The predicted octanol–water partition coefficient (Wildman–Crippen LogP) is 2.53. The highest BCUT2D eigenvalue weighted by atomic mass is 19.1. The second-order valence-electron chi connectivity index (χ2n) is 5.43. The molecule has 1 amide bonds. The van der Waals surface area contributed by atoms with Crippen LogP contribution in [-0.4, -0.2) is 24.2 Å². The summed E-state index contributed by atoms with van der Waals surface area (Å²) >= 11 is 0. The van der Waals surface area contributed by atoms with Crippen LogP contribution in [0.2, 0.25) is 0 Å². The quantitative estimate of drug-likeness (QED) is 0.769. The van der Waals surface area contributed by atoms with E-state index < -0.39 is 0 Å². The van der Waals surface area contributed by atoms with Crippen molar-refractivity contribution >= 4 is 5.91 Å². The van der Waals surface area contributed by atoms with Crippen molar-refractivity contribution in [3.63, 3.8) is 0 Å². The van der Waals surface area contributed by atoms with E-state index in [0.29, 0.717) is 25.8 Å². The summed E-state index contributed by atoms with van der Waals surface area (Å²) in [6.07, 6.45) is 2.08. The van der Waals surface area contributed by atoms with Gasteiger partial charge < -0.3 is 10.4 Å². The van der Waals surface area contributed by atoms with E-state index in [9.17, 15) is 9.18 Å². The number of carbonyl (C=O) groups excluding carboxylic acids is 1. The number of aliphatic hydroxyl groups excluding tert-OH is 1. The minimum Gasteiger partial charge on any atom is -0.396 e. The third-order valence-electron chi connectivity index (χ3n) is 3.45. The molecule has 1 aromatic rings. The number of nitrogens with one attached hydrogen (secondary N) is 1. The summed E-state index contributed by atoms with van der Waals surface area (Å²) in [5.41, 5.74) is 0.915. The molecule has 0 aliphatic heterocycles. The first kappa shape index (κ1) is 16.6. The molecule has 4 heteroatoms. The summed E-state index contributed by atoms with van der Waals surface area (Å²) in [7, 11) is 0. The van der Waals surface area contributed by atoms with Crippen LogP contribution < -0.4 is 5.32 Å². The molecule has 1 rings (SSSR count). The highest BCUT2D eigenvalue weighted by Crippen LogP contribution is 2.11. The summed E-state index contributed by atoms with van der Waals surface area (Å²) in [6.45, 7) is 4.61. The molecule has 0 heterocycles. The first-order valence-electron chi connectivity index (χ1n) is 7.16. The Morgan fingerprint density at radius 1 is 1.35 bits per heavy atom. The molecule has 112 valence electrons. The van der Waals surface area contributed by atoms with E-state index in [1.807, 2.05) is 19.9 Å². The van der Waals surface area contributed by atoms with Crippen LogP contribution in [-0.2, 0) is 11.2 Å². The molecule has 2 N–H and O–H groups in total. The lowest BCUT2D eigenvalue weighted by atomic mass is 10.00. The summed E-state index contributed by atoms with van der Waals surface area (Å²) in [5.74, 6) is -0.0393. The van der Waals surface area contributed by atoms with E-state index in [2.05, 4.69) is 5.32 Å². The van der Waals surface area contributed by atoms with E-state index in [1.165, 1.54) is 12.1 Å². The van der Waals surface area contributed by atoms with Gasteiger partial charge in [0, 0.05) is 19.1 Å². The van der Waals surface area contributed by atoms with Crippen molar-refractivity contribution in [3.8, 4) is 0 Å². The standard InChI is InChI=1S/C16H24FNO2/c1-12(8-9-19)11-18-16(20)13(2)6-7-14-4-3-5-15(17)10-14/h3-5,10,12-13,19H,6-9,11H2,1-2H3,(H,18,20). The Morgan fingerprint density at radius 3 is 2.75 bits per heavy atom. The van der Waals surface area contributed by atoms with Crippen molar-refractivity contribution in [2.75, 3.05) is 13.2 Å². The third kappa shape index (κ3) is 6.15. The first-order chi connectivity index (χ1) is 9.52.